The predicted molar refractivity (Wildman–Crippen MR) is 134 cm³/mol. The highest BCUT2D eigenvalue weighted by atomic mass is 32.1. The molecule has 7 nitrogen and oxygen atoms in total. The van der Waals surface area contributed by atoms with E-state index < -0.39 is 0 Å². The van der Waals surface area contributed by atoms with Gasteiger partial charge in [-0.05, 0) is 41.8 Å². The van der Waals surface area contributed by atoms with Crippen LogP contribution in [0, 0.1) is 0 Å². The van der Waals surface area contributed by atoms with Gasteiger partial charge in [-0.15, -0.1) is 0 Å². The first-order valence-electron chi connectivity index (χ1n) is 10.5. The number of nitrogens with one attached hydrogen (secondary N) is 2. The minimum absolute atomic E-state index is 0.304. The molecule has 0 radical (unpaired) electrons. The Labute approximate surface area is 197 Å². The summed E-state index contributed by atoms with van der Waals surface area (Å²) >= 11 is 1.22. The van der Waals surface area contributed by atoms with E-state index in [1.54, 1.807) is 42.5 Å². The standard InChI is InChI=1S/C26H16N4O3S/c31-23-18-9-3-4-10-19(18)24(32)30(23)26-29-21-13-12-16(14-22(21)34-26)27-25(33)28-20-11-5-7-15-6-1-2-8-17(15)20/h1-14H,(H2,27,28,33). The van der Waals surface area contributed by atoms with Crippen molar-refractivity contribution in [3.05, 3.63) is 96.1 Å². The Hall–Kier alpha value is -4.56. The molecule has 8 heteroatoms. The van der Waals surface area contributed by atoms with Crippen molar-refractivity contribution in [1.29, 1.82) is 0 Å². The molecule has 0 saturated heterocycles. The molecule has 2 N–H and O–H groups in total. The van der Waals surface area contributed by atoms with Crippen LogP contribution in [0.25, 0.3) is 21.0 Å². The summed E-state index contributed by atoms with van der Waals surface area (Å²) in [5.41, 5.74) is 2.67. The molecule has 1 aromatic heterocycles. The number of carbonyl (C=O) groups excluding carboxylic acids is 3. The van der Waals surface area contributed by atoms with Gasteiger partial charge in [0, 0.05) is 11.1 Å². The lowest BCUT2D eigenvalue weighted by molar-refractivity contribution is 0.0926. The number of benzene rings is 4. The minimum Gasteiger partial charge on any atom is -0.308 e. The molecule has 2 heterocycles. The van der Waals surface area contributed by atoms with Crippen LogP contribution in [0.2, 0.25) is 0 Å². The van der Waals surface area contributed by atoms with Crippen molar-refractivity contribution in [2.24, 2.45) is 0 Å². The van der Waals surface area contributed by atoms with Crippen LogP contribution in [0.3, 0.4) is 0 Å². The van der Waals surface area contributed by atoms with Gasteiger partial charge in [0.25, 0.3) is 11.8 Å². The largest absolute Gasteiger partial charge is 0.323 e. The van der Waals surface area contributed by atoms with E-state index >= 15 is 0 Å². The minimum atomic E-state index is -0.382. The first kappa shape index (κ1) is 20.1. The third kappa shape index (κ3) is 3.28. The molecule has 4 aromatic carbocycles. The van der Waals surface area contributed by atoms with Gasteiger partial charge in [0.2, 0.25) is 5.13 Å². The van der Waals surface area contributed by atoms with Crippen LogP contribution in [0.5, 0.6) is 0 Å². The third-order valence-corrected chi connectivity index (χ3v) is 6.66. The van der Waals surface area contributed by atoms with Crippen LogP contribution in [-0.4, -0.2) is 22.8 Å². The van der Waals surface area contributed by atoms with E-state index in [1.165, 1.54) is 11.3 Å². The van der Waals surface area contributed by atoms with Crippen molar-refractivity contribution >= 4 is 66.7 Å². The maximum Gasteiger partial charge on any atom is 0.323 e. The van der Waals surface area contributed by atoms with Gasteiger partial charge in [-0.3, -0.25) is 9.59 Å². The Morgan fingerprint density at radius 3 is 2.29 bits per heavy atom. The average Bonchev–Trinajstić information content (AvgIpc) is 3.37. The van der Waals surface area contributed by atoms with E-state index in [0.717, 1.165) is 20.4 Å². The van der Waals surface area contributed by atoms with Gasteiger partial charge in [0.1, 0.15) is 0 Å². The third-order valence-electron chi connectivity index (χ3n) is 5.66. The fourth-order valence-corrected chi connectivity index (χ4v) is 5.07. The molecule has 164 valence electrons. The molecular formula is C26H16N4O3S. The summed E-state index contributed by atoms with van der Waals surface area (Å²) in [6.07, 6.45) is 0. The first-order valence-corrected chi connectivity index (χ1v) is 11.3. The van der Waals surface area contributed by atoms with Crippen LogP contribution in [0.1, 0.15) is 20.7 Å². The fourth-order valence-electron chi connectivity index (χ4n) is 4.07. The van der Waals surface area contributed by atoms with E-state index in [4.69, 9.17) is 0 Å². The van der Waals surface area contributed by atoms with Crippen molar-refractivity contribution in [1.82, 2.24) is 4.98 Å². The molecule has 0 fully saturated rings. The number of hydrogen-bond acceptors (Lipinski definition) is 5. The summed E-state index contributed by atoms with van der Waals surface area (Å²) in [6, 6.07) is 25.2. The molecule has 34 heavy (non-hydrogen) atoms. The maximum absolute atomic E-state index is 12.8. The van der Waals surface area contributed by atoms with Crippen LogP contribution in [0.15, 0.2) is 84.9 Å². The van der Waals surface area contributed by atoms with E-state index in [0.29, 0.717) is 33.1 Å². The molecule has 5 aromatic rings. The average molecular weight is 465 g/mol. The SMILES string of the molecule is O=C(Nc1ccc2nc(N3C(=O)c4ccccc4C3=O)sc2c1)Nc1cccc2ccccc12. The molecule has 0 bridgehead atoms. The quantitative estimate of drug-likeness (QED) is 0.326. The Bertz CT molecular complexity index is 1600. The van der Waals surface area contributed by atoms with Crippen molar-refractivity contribution in [3.8, 4) is 0 Å². The molecule has 1 aliphatic heterocycles. The summed E-state index contributed by atoms with van der Waals surface area (Å²) in [7, 11) is 0. The number of imide groups is 1. The molecule has 6 rings (SSSR count). The van der Waals surface area contributed by atoms with E-state index in [-0.39, 0.29) is 17.8 Å². The number of carbonyl (C=O) groups is 3. The molecule has 4 amide bonds. The lowest BCUT2D eigenvalue weighted by Gasteiger charge is -2.10. The van der Waals surface area contributed by atoms with Gasteiger partial charge in [0.05, 0.1) is 27.0 Å². The summed E-state index contributed by atoms with van der Waals surface area (Å²) in [4.78, 5) is 43.8. The number of fused-ring (bicyclic) bond motifs is 3. The van der Waals surface area contributed by atoms with Crippen molar-refractivity contribution in [3.63, 3.8) is 0 Å². The zero-order valence-electron chi connectivity index (χ0n) is 17.6. The zero-order chi connectivity index (χ0) is 23.2. The Morgan fingerprint density at radius 1 is 0.794 bits per heavy atom. The van der Waals surface area contributed by atoms with Gasteiger partial charge >= 0.3 is 6.03 Å². The number of amides is 4. The van der Waals surface area contributed by atoms with Crippen molar-refractivity contribution in [2.75, 3.05) is 15.5 Å². The molecule has 0 saturated carbocycles. The number of thiazole rings is 1. The fraction of sp³-hybridized carbons (Fsp3) is 0. The predicted octanol–water partition coefficient (Wildman–Crippen LogP) is 5.89. The first-order chi connectivity index (χ1) is 16.6. The highest BCUT2D eigenvalue weighted by Crippen LogP contribution is 2.35. The topological polar surface area (TPSA) is 91.4 Å². The molecule has 1 aliphatic rings. The second-order valence-corrected chi connectivity index (χ2v) is 8.79. The van der Waals surface area contributed by atoms with Gasteiger partial charge in [-0.2, -0.15) is 0 Å². The number of anilines is 3. The summed E-state index contributed by atoms with van der Waals surface area (Å²) in [5, 5.41) is 8.02. The molecular weight excluding hydrogens is 448 g/mol. The summed E-state index contributed by atoms with van der Waals surface area (Å²) in [5.74, 6) is -0.764. The van der Waals surface area contributed by atoms with Gasteiger partial charge in [-0.1, -0.05) is 59.9 Å². The number of hydrogen-bond donors (Lipinski definition) is 2. The second kappa shape index (κ2) is 7.79. The highest BCUT2D eigenvalue weighted by molar-refractivity contribution is 7.22. The van der Waals surface area contributed by atoms with Gasteiger partial charge in [0.15, 0.2) is 0 Å². The van der Waals surface area contributed by atoms with Crippen LogP contribution in [-0.2, 0) is 0 Å². The smallest absolute Gasteiger partial charge is 0.308 e. The number of aromatic nitrogens is 1. The zero-order valence-corrected chi connectivity index (χ0v) is 18.4. The van der Waals surface area contributed by atoms with Crippen LogP contribution in [0.4, 0.5) is 21.3 Å². The Kier molecular flexibility index (Phi) is 4.60. The normalized spacial score (nSPS) is 12.9. The molecule has 0 unspecified atom stereocenters. The van der Waals surface area contributed by atoms with Crippen molar-refractivity contribution < 1.29 is 14.4 Å². The Balaban J connectivity index is 1.24. The number of rotatable bonds is 3. The number of urea groups is 1. The van der Waals surface area contributed by atoms with Crippen molar-refractivity contribution in [2.45, 2.75) is 0 Å². The number of nitrogens with zero attached hydrogens (tertiary/aromatic N) is 2. The van der Waals surface area contributed by atoms with E-state index in [2.05, 4.69) is 15.6 Å². The van der Waals surface area contributed by atoms with Crippen LogP contribution < -0.4 is 15.5 Å². The summed E-state index contributed by atoms with van der Waals surface area (Å²) < 4.78 is 0.745. The second-order valence-electron chi connectivity index (χ2n) is 7.78. The van der Waals surface area contributed by atoms with Crippen LogP contribution >= 0.6 is 11.3 Å². The molecule has 0 spiro atoms. The monoisotopic (exact) mass is 464 g/mol. The maximum atomic E-state index is 12.8. The Morgan fingerprint density at radius 2 is 1.50 bits per heavy atom. The lowest BCUT2D eigenvalue weighted by atomic mass is 10.1. The highest BCUT2D eigenvalue weighted by Gasteiger charge is 2.38. The van der Waals surface area contributed by atoms with Gasteiger partial charge < -0.3 is 10.6 Å². The van der Waals surface area contributed by atoms with E-state index in [9.17, 15) is 14.4 Å². The van der Waals surface area contributed by atoms with Gasteiger partial charge in [-0.25, -0.2) is 14.7 Å². The molecule has 0 atom stereocenters. The lowest BCUT2D eigenvalue weighted by Crippen LogP contribution is -2.29. The van der Waals surface area contributed by atoms with E-state index in [1.807, 2.05) is 42.5 Å². The molecule has 0 aliphatic carbocycles. The summed E-state index contributed by atoms with van der Waals surface area (Å²) in [6.45, 7) is 0.